The molecule has 0 saturated heterocycles. The number of aldehydes is 1. The van der Waals surface area contributed by atoms with Crippen LogP contribution >= 0.6 is 0 Å². The number of carbonyl (C=O) groups is 2. The first-order valence-electron chi connectivity index (χ1n) is 9.09. The molecular formula is C23H16N4O3. The fourth-order valence-electron chi connectivity index (χ4n) is 3.29. The minimum Gasteiger partial charge on any atom is -0.346 e. The van der Waals surface area contributed by atoms with Gasteiger partial charge in [0.25, 0.3) is 11.5 Å². The topological polar surface area (TPSA) is 108 Å². The maximum absolute atomic E-state index is 12.7. The predicted molar refractivity (Wildman–Crippen MR) is 113 cm³/mol. The van der Waals surface area contributed by atoms with Crippen molar-refractivity contribution in [1.29, 1.82) is 5.26 Å². The summed E-state index contributed by atoms with van der Waals surface area (Å²) >= 11 is 0. The Balaban J connectivity index is 1.78. The number of pyridine rings is 1. The molecule has 0 bridgehead atoms. The average Bonchev–Trinajstić information content (AvgIpc) is 3.23. The second-order valence-corrected chi connectivity index (χ2v) is 6.82. The second-order valence-electron chi connectivity index (χ2n) is 6.82. The zero-order valence-corrected chi connectivity index (χ0v) is 16.0. The molecule has 2 N–H and O–H groups in total. The van der Waals surface area contributed by atoms with Gasteiger partial charge in [-0.15, -0.1) is 0 Å². The van der Waals surface area contributed by atoms with Crippen molar-refractivity contribution in [3.05, 3.63) is 88.0 Å². The number of hydrogen-bond acceptors (Lipinski definition) is 4. The fraction of sp³-hybridized carbons (Fsp3) is 0.0435. The smallest absolute Gasteiger partial charge is 0.274 e. The van der Waals surface area contributed by atoms with Crippen LogP contribution in [0, 0.1) is 11.3 Å². The molecule has 0 aliphatic carbocycles. The van der Waals surface area contributed by atoms with E-state index < -0.39 is 5.91 Å². The third-order valence-corrected chi connectivity index (χ3v) is 4.82. The monoisotopic (exact) mass is 396 g/mol. The molecule has 7 nitrogen and oxygen atoms in total. The zero-order valence-electron chi connectivity index (χ0n) is 16.0. The molecule has 2 aromatic carbocycles. The van der Waals surface area contributed by atoms with Crippen LogP contribution < -0.4 is 10.9 Å². The summed E-state index contributed by atoms with van der Waals surface area (Å²) in [6.45, 7) is 0. The van der Waals surface area contributed by atoms with Crippen LogP contribution in [0.25, 0.3) is 22.0 Å². The van der Waals surface area contributed by atoms with E-state index in [9.17, 15) is 19.6 Å². The van der Waals surface area contributed by atoms with E-state index in [2.05, 4.69) is 16.4 Å². The van der Waals surface area contributed by atoms with Crippen molar-refractivity contribution in [2.45, 2.75) is 0 Å². The molecule has 4 aromatic rings. The number of carbonyl (C=O) groups excluding carboxylic acids is 2. The number of aromatic amines is 1. The van der Waals surface area contributed by atoms with Crippen LogP contribution in [0.2, 0.25) is 0 Å². The van der Waals surface area contributed by atoms with Gasteiger partial charge in [-0.25, -0.2) is 0 Å². The molecule has 146 valence electrons. The number of nitrogens with zero attached hydrogens (tertiary/aromatic N) is 2. The van der Waals surface area contributed by atoms with Gasteiger partial charge in [-0.2, -0.15) is 5.26 Å². The molecule has 1 amide bonds. The van der Waals surface area contributed by atoms with Crippen molar-refractivity contribution in [1.82, 2.24) is 9.55 Å². The Labute approximate surface area is 171 Å². The van der Waals surface area contributed by atoms with Crippen LogP contribution in [-0.2, 0) is 7.05 Å². The summed E-state index contributed by atoms with van der Waals surface area (Å²) in [5.41, 5.74) is 3.30. The van der Waals surface area contributed by atoms with Crippen molar-refractivity contribution in [2.75, 3.05) is 5.32 Å². The zero-order chi connectivity index (χ0) is 21.3. The molecule has 0 radical (unpaired) electrons. The lowest BCUT2D eigenvalue weighted by molar-refractivity contribution is 0.102. The lowest BCUT2D eigenvalue weighted by Crippen LogP contribution is -2.17. The molecule has 0 saturated carbocycles. The van der Waals surface area contributed by atoms with E-state index in [0.717, 1.165) is 17.4 Å². The highest BCUT2D eigenvalue weighted by Gasteiger charge is 2.16. The summed E-state index contributed by atoms with van der Waals surface area (Å²) < 4.78 is 1.44. The van der Waals surface area contributed by atoms with E-state index >= 15 is 0 Å². The number of rotatable bonds is 4. The minimum atomic E-state index is -0.413. The van der Waals surface area contributed by atoms with Gasteiger partial charge in [0, 0.05) is 35.4 Å². The number of nitriles is 1. The number of nitrogens with one attached hydrogen (secondary N) is 2. The number of anilines is 1. The van der Waals surface area contributed by atoms with Gasteiger partial charge in [0.2, 0.25) is 0 Å². The lowest BCUT2D eigenvalue weighted by atomic mass is 10.0. The van der Waals surface area contributed by atoms with Gasteiger partial charge in [-0.05, 0) is 48.0 Å². The summed E-state index contributed by atoms with van der Waals surface area (Å²) in [7, 11) is 1.63. The van der Waals surface area contributed by atoms with E-state index in [1.54, 1.807) is 61.8 Å². The van der Waals surface area contributed by atoms with E-state index in [1.165, 1.54) is 4.57 Å². The second kappa shape index (κ2) is 7.53. The molecule has 2 aromatic heterocycles. The predicted octanol–water partition coefficient (Wildman–Crippen LogP) is 3.47. The van der Waals surface area contributed by atoms with Crippen LogP contribution in [0.3, 0.4) is 0 Å². The third-order valence-electron chi connectivity index (χ3n) is 4.82. The summed E-state index contributed by atoms with van der Waals surface area (Å²) in [5.74, 6) is -0.413. The molecule has 0 atom stereocenters. The molecule has 2 heterocycles. The highest BCUT2D eigenvalue weighted by atomic mass is 16.2. The molecule has 0 fully saturated rings. The third kappa shape index (κ3) is 3.38. The SMILES string of the molecule is Cn1cc(-c2cccc(C#N)c2)c2cc(C(=O)Nc3ccc(C=O)cc3)[nH]c2c1=O. The van der Waals surface area contributed by atoms with Crippen LogP contribution in [0.4, 0.5) is 5.69 Å². The van der Waals surface area contributed by atoms with Gasteiger partial charge in [0.05, 0.1) is 11.6 Å². The quantitative estimate of drug-likeness (QED) is 0.515. The fourth-order valence-corrected chi connectivity index (χ4v) is 3.29. The van der Waals surface area contributed by atoms with Gasteiger partial charge in [-0.3, -0.25) is 14.4 Å². The normalized spacial score (nSPS) is 10.5. The van der Waals surface area contributed by atoms with Crippen molar-refractivity contribution in [3.63, 3.8) is 0 Å². The van der Waals surface area contributed by atoms with Gasteiger partial charge in [0.15, 0.2) is 0 Å². The van der Waals surface area contributed by atoms with Crippen LogP contribution in [0.15, 0.2) is 65.6 Å². The van der Waals surface area contributed by atoms with Gasteiger partial charge < -0.3 is 14.9 Å². The van der Waals surface area contributed by atoms with Crippen LogP contribution in [-0.4, -0.2) is 21.7 Å². The minimum absolute atomic E-state index is 0.227. The Morgan fingerprint density at radius 2 is 1.93 bits per heavy atom. The standard InChI is InChI=1S/C23H16N4O3/c1-27-12-19(16-4-2-3-15(9-16)11-24)18-10-20(26-21(18)23(27)30)22(29)25-17-7-5-14(13-28)6-8-17/h2-10,12-13,26H,1H3,(H,25,29). The number of aryl methyl sites for hydroxylation is 1. The van der Waals surface area contributed by atoms with Gasteiger partial charge >= 0.3 is 0 Å². The van der Waals surface area contributed by atoms with E-state index in [1.807, 2.05) is 6.07 Å². The van der Waals surface area contributed by atoms with E-state index in [0.29, 0.717) is 27.7 Å². The van der Waals surface area contributed by atoms with Gasteiger partial charge in [-0.1, -0.05) is 12.1 Å². The molecule has 0 aliphatic heterocycles. The number of hydrogen-bond donors (Lipinski definition) is 2. The van der Waals surface area contributed by atoms with Crippen molar-refractivity contribution in [3.8, 4) is 17.2 Å². The Hall–Kier alpha value is -4.44. The Bertz CT molecular complexity index is 1390. The summed E-state index contributed by atoms with van der Waals surface area (Å²) in [5, 5.41) is 12.5. The maximum atomic E-state index is 12.7. The largest absolute Gasteiger partial charge is 0.346 e. The number of benzene rings is 2. The Kier molecular flexibility index (Phi) is 4.74. The Morgan fingerprint density at radius 3 is 2.63 bits per heavy atom. The first-order chi connectivity index (χ1) is 14.5. The number of amides is 1. The van der Waals surface area contributed by atoms with Crippen molar-refractivity contribution < 1.29 is 9.59 Å². The summed E-state index contributed by atoms with van der Waals surface area (Å²) in [6, 6.07) is 17.2. The van der Waals surface area contributed by atoms with E-state index in [4.69, 9.17) is 0 Å². The molecule has 0 unspecified atom stereocenters. The Morgan fingerprint density at radius 1 is 1.17 bits per heavy atom. The van der Waals surface area contributed by atoms with Crippen LogP contribution in [0.5, 0.6) is 0 Å². The van der Waals surface area contributed by atoms with Gasteiger partial charge in [0.1, 0.15) is 17.5 Å². The van der Waals surface area contributed by atoms with E-state index in [-0.39, 0.29) is 11.3 Å². The molecule has 30 heavy (non-hydrogen) atoms. The highest BCUT2D eigenvalue weighted by molar-refractivity contribution is 6.08. The number of aromatic nitrogens is 2. The van der Waals surface area contributed by atoms with Crippen molar-refractivity contribution in [2.24, 2.45) is 7.05 Å². The maximum Gasteiger partial charge on any atom is 0.274 e. The first kappa shape index (κ1) is 18.9. The molecule has 4 rings (SSSR count). The molecular weight excluding hydrogens is 380 g/mol. The molecule has 0 spiro atoms. The highest BCUT2D eigenvalue weighted by Crippen LogP contribution is 2.28. The number of H-pyrrole nitrogens is 1. The van der Waals surface area contributed by atoms with Crippen molar-refractivity contribution >= 4 is 28.8 Å². The summed E-state index contributed by atoms with van der Waals surface area (Å²) in [4.78, 5) is 39.0. The first-order valence-corrected chi connectivity index (χ1v) is 9.09. The molecule has 7 heteroatoms. The summed E-state index contributed by atoms with van der Waals surface area (Å²) in [6.07, 6.45) is 2.41. The number of fused-ring (bicyclic) bond motifs is 1. The lowest BCUT2D eigenvalue weighted by Gasteiger charge is -2.07. The average molecular weight is 396 g/mol. The molecule has 0 aliphatic rings. The van der Waals surface area contributed by atoms with Crippen LogP contribution in [0.1, 0.15) is 26.4 Å².